The third kappa shape index (κ3) is 2.12. The molecular weight excluding hydrogens is 280 g/mol. The summed E-state index contributed by atoms with van der Waals surface area (Å²) in [4.78, 5) is 21.6. The van der Waals surface area contributed by atoms with Gasteiger partial charge in [0.1, 0.15) is 24.3 Å². The van der Waals surface area contributed by atoms with E-state index in [1.807, 2.05) is 13.1 Å². The first-order chi connectivity index (χ1) is 10.8. The molecular formula is C14H16N8. The standard InChI is InChI=1S/C14H16N8/c1-10-6-15-8-17-13(10)21-2-4-22(5-3-21)14-11-7-19-20-12(11)16-9-18-14/h6-9H,2-5H2,1H3,(H,16,18,19,20). The van der Waals surface area contributed by atoms with Crippen molar-refractivity contribution in [3.8, 4) is 0 Å². The van der Waals surface area contributed by atoms with Crippen molar-refractivity contribution >= 4 is 22.7 Å². The highest BCUT2D eigenvalue weighted by atomic mass is 15.3. The van der Waals surface area contributed by atoms with Gasteiger partial charge in [-0.3, -0.25) is 5.10 Å². The summed E-state index contributed by atoms with van der Waals surface area (Å²) in [7, 11) is 0. The maximum absolute atomic E-state index is 4.43. The van der Waals surface area contributed by atoms with Gasteiger partial charge in [0.2, 0.25) is 0 Å². The smallest absolute Gasteiger partial charge is 0.160 e. The number of rotatable bonds is 2. The molecule has 0 radical (unpaired) electrons. The summed E-state index contributed by atoms with van der Waals surface area (Å²) in [6.07, 6.45) is 6.82. The zero-order valence-corrected chi connectivity index (χ0v) is 12.3. The Morgan fingerprint density at radius 1 is 0.909 bits per heavy atom. The molecule has 8 heteroatoms. The van der Waals surface area contributed by atoms with Crippen LogP contribution in [0, 0.1) is 6.92 Å². The Labute approximate surface area is 127 Å². The second-order valence-corrected chi connectivity index (χ2v) is 5.33. The first-order valence-corrected chi connectivity index (χ1v) is 7.23. The van der Waals surface area contributed by atoms with Gasteiger partial charge in [0.05, 0.1) is 11.6 Å². The Bertz CT molecular complexity index is 790. The fourth-order valence-corrected chi connectivity index (χ4v) is 2.86. The van der Waals surface area contributed by atoms with Crippen molar-refractivity contribution in [3.63, 3.8) is 0 Å². The maximum Gasteiger partial charge on any atom is 0.160 e. The van der Waals surface area contributed by atoms with Gasteiger partial charge >= 0.3 is 0 Å². The Hall–Kier alpha value is -2.77. The molecule has 1 saturated heterocycles. The predicted octanol–water partition coefficient (Wildman–Crippen LogP) is 0.778. The average molecular weight is 296 g/mol. The molecule has 1 aliphatic rings. The minimum Gasteiger partial charge on any atom is -0.353 e. The van der Waals surface area contributed by atoms with Gasteiger partial charge in [0, 0.05) is 37.9 Å². The van der Waals surface area contributed by atoms with Crippen molar-refractivity contribution in [2.45, 2.75) is 6.92 Å². The van der Waals surface area contributed by atoms with Crippen molar-refractivity contribution in [1.29, 1.82) is 0 Å². The molecule has 4 heterocycles. The van der Waals surface area contributed by atoms with Gasteiger partial charge in [-0.05, 0) is 6.92 Å². The second-order valence-electron chi connectivity index (χ2n) is 5.33. The molecule has 0 bridgehead atoms. The Balaban J connectivity index is 1.55. The fraction of sp³-hybridized carbons (Fsp3) is 0.357. The molecule has 0 saturated carbocycles. The minimum absolute atomic E-state index is 0.777. The van der Waals surface area contributed by atoms with E-state index in [1.165, 1.54) is 0 Å². The Morgan fingerprint density at radius 2 is 1.64 bits per heavy atom. The molecule has 4 rings (SSSR count). The van der Waals surface area contributed by atoms with Crippen molar-refractivity contribution in [2.75, 3.05) is 36.0 Å². The van der Waals surface area contributed by atoms with E-state index in [9.17, 15) is 0 Å². The largest absolute Gasteiger partial charge is 0.353 e. The van der Waals surface area contributed by atoms with Crippen LogP contribution in [-0.2, 0) is 0 Å². The van der Waals surface area contributed by atoms with Gasteiger partial charge in [-0.15, -0.1) is 0 Å². The normalized spacial score (nSPS) is 15.5. The van der Waals surface area contributed by atoms with E-state index in [0.29, 0.717) is 0 Å². The summed E-state index contributed by atoms with van der Waals surface area (Å²) in [5, 5.41) is 7.90. The number of hydrogen-bond acceptors (Lipinski definition) is 7. The number of piperazine rings is 1. The van der Waals surface area contributed by atoms with Gasteiger partial charge in [-0.2, -0.15) is 5.10 Å². The van der Waals surface area contributed by atoms with Crippen molar-refractivity contribution in [3.05, 3.63) is 30.6 Å². The van der Waals surface area contributed by atoms with E-state index < -0.39 is 0 Å². The van der Waals surface area contributed by atoms with E-state index in [4.69, 9.17) is 0 Å². The number of aromatic nitrogens is 6. The van der Waals surface area contributed by atoms with Crippen molar-refractivity contribution in [1.82, 2.24) is 30.1 Å². The lowest BCUT2D eigenvalue weighted by Crippen LogP contribution is -2.47. The minimum atomic E-state index is 0.777. The van der Waals surface area contributed by atoms with Crippen LogP contribution in [0.5, 0.6) is 0 Å². The predicted molar refractivity (Wildman–Crippen MR) is 82.9 cm³/mol. The zero-order valence-electron chi connectivity index (χ0n) is 12.3. The van der Waals surface area contributed by atoms with Gasteiger partial charge in [0.25, 0.3) is 0 Å². The van der Waals surface area contributed by atoms with E-state index >= 15 is 0 Å². The molecule has 22 heavy (non-hydrogen) atoms. The van der Waals surface area contributed by atoms with Gasteiger partial charge < -0.3 is 9.80 Å². The zero-order chi connectivity index (χ0) is 14.9. The fourth-order valence-electron chi connectivity index (χ4n) is 2.86. The average Bonchev–Trinajstić information content (AvgIpc) is 3.04. The molecule has 0 aliphatic carbocycles. The number of nitrogens with zero attached hydrogens (tertiary/aromatic N) is 7. The third-order valence-electron chi connectivity index (χ3n) is 3.97. The highest BCUT2D eigenvalue weighted by Gasteiger charge is 2.22. The molecule has 0 atom stereocenters. The molecule has 3 aromatic heterocycles. The first-order valence-electron chi connectivity index (χ1n) is 7.23. The molecule has 112 valence electrons. The lowest BCUT2D eigenvalue weighted by Gasteiger charge is -2.36. The summed E-state index contributed by atoms with van der Waals surface area (Å²) < 4.78 is 0. The number of H-pyrrole nitrogens is 1. The van der Waals surface area contributed by atoms with Gasteiger partial charge in [-0.25, -0.2) is 19.9 Å². The summed E-state index contributed by atoms with van der Waals surface area (Å²) in [6.45, 7) is 5.63. The molecule has 8 nitrogen and oxygen atoms in total. The number of hydrogen-bond donors (Lipinski definition) is 1. The van der Waals surface area contributed by atoms with Crippen LogP contribution in [0.2, 0.25) is 0 Å². The monoisotopic (exact) mass is 296 g/mol. The molecule has 0 spiro atoms. The van der Waals surface area contributed by atoms with Crippen LogP contribution in [0.25, 0.3) is 11.0 Å². The highest BCUT2D eigenvalue weighted by Crippen LogP contribution is 2.24. The van der Waals surface area contributed by atoms with Crippen LogP contribution >= 0.6 is 0 Å². The summed E-state index contributed by atoms with van der Waals surface area (Å²) >= 11 is 0. The number of nitrogens with one attached hydrogen (secondary N) is 1. The number of fused-ring (bicyclic) bond motifs is 1. The third-order valence-corrected chi connectivity index (χ3v) is 3.97. The van der Waals surface area contributed by atoms with Crippen molar-refractivity contribution < 1.29 is 0 Å². The number of aryl methyl sites for hydroxylation is 1. The number of anilines is 2. The molecule has 0 unspecified atom stereocenters. The van der Waals surface area contributed by atoms with E-state index in [2.05, 4.69) is 39.9 Å². The maximum atomic E-state index is 4.43. The lowest BCUT2D eigenvalue weighted by atomic mass is 10.2. The van der Waals surface area contributed by atoms with Crippen LogP contribution in [0.1, 0.15) is 5.56 Å². The molecule has 1 N–H and O–H groups in total. The van der Waals surface area contributed by atoms with Gasteiger partial charge in [-0.1, -0.05) is 0 Å². The molecule has 0 amide bonds. The molecule has 3 aromatic rings. The molecule has 1 aliphatic heterocycles. The summed E-state index contributed by atoms with van der Waals surface area (Å²) in [6, 6.07) is 0. The quantitative estimate of drug-likeness (QED) is 0.747. The Morgan fingerprint density at radius 3 is 2.41 bits per heavy atom. The molecule has 1 fully saturated rings. The SMILES string of the molecule is Cc1cncnc1N1CCN(c2ncnc3[nH]ncc23)CC1. The highest BCUT2D eigenvalue weighted by molar-refractivity contribution is 5.86. The van der Waals surface area contributed by atoms with Crippen LogP contribution < -0.4 is 9.80 Å². The number of aromatic amines is 1. The lowest BCUT2D eigenvalue weighted by molar-refractivity contribution is 0.641. The van der Waals surface area contributed by atoms with E-state index in [0.717, 1.165) is 54.4 Å². The van der Waals surface area contributed by atoms with Crippen molar-refractivity contribution in [2.24, 2.45) is 0 Å². The van der Waals surface area contributed by atoms with Crippen LogP contribution in [-0.4, -0.2) is 56.3 Å². The van der Waals surface area contributed by atoms with Gasteiger partial charge in [0.15, 0.2) is 5.65 Å². The summed E-state index contributed by atoms with van der Waals surface area (Å²) in [5.41, 5.74) is 1.88. The molecule has 0 aromatic carbocycles. The second kappa shape index (κ2) is 5.21. The van der Waals surface area contributed by atoms with E-state index in [1.54, 1.807) is 18.9 Å². The Kier molecular flexibility index (Phi) is 3.06. The summed E-state index contributed by atoms with van der Waals surface area (Å²) in [5.74, 6) is 1.96. The van der Waals surface area contributed by atoms with Crippen LogP contribution in [0.4, 0.5) is 11.6 Å². The van der Waals surface area contributed by atoms with Crippen LogP contribution in [0.3, 0.4) is 0 Å². The van der Waals surface area contributed by atoms with E-state index in [-0.39, 0.29) is 0 Å². The van der Waals surface area contributed by atoms with Crippen LogP contribution in [0.15, 0.2) is 25.0 Å². The first kappa shape index (κ1) is 12.9. The topological polar surface area (TPSA) is 86.7 Å².